The number of likely N-dealkylation sites (tertiary alicyclic amines) is 1. The molecule has 5 nitrogen and oxygen atoms in total. The van der Waals surface area contributed by atoms with E-state index in [4.69, 9.17) is 27.9 Å². The molecule has 3 aromatic carbocycles. The molecule has 1 amide bonds. The van der Waals surface area contributed by atoms with Crippen molar-refractivity contribution in [3.63, 3.8) is 0 Å². The number of β-amino-alcohol motifs (C(OH)–C–C–N with tert-alkyl or cyclic N) is 1. The minimum Gasteiger partial charge on any atom is -0.445 e. The number of halogens is 3. The second kappa shape index (κ2) is 11.2. The summed E-state index contributed by atoms with van der Waals surface area (Å²) < 4.78 is 19.0. The van der Waals surface area contributed by atoms with Crippen LogP contribution in [0.1, 0.15) is 16.7 Å². The van der Waals surface area contributed by atoms with Crippen LogP contribution in [0.15, 0.2) is 72.8 Å². The van der Waals surface area contributed by atoms with E-state index in [2.05, 4.69) is 0 Å². The molecular weight excluding hydrogens is 478 g/mol. The zero-order valence-electron chi connectivity index (χ0n) is 18.4. The Hall–Kier alpha value is -2.64. The van der Waals surface area contributed by atoms with Gasteiger partial charge in [0.1, 0.15) is 12.4 Å². The summed E-state index contributed by atoms with van der Waals surface area (Å²) in [6.45, 7) is 1.35. The topological polar surface area (TPSA) is 53.0 Å². The smallest absolute Gasteiger partial charge is 0.410 e. The van der Waals surface area contributed by atoms with Crippen molar-refractivity contribution in [1.82, 2.24) is 9.80 Å². The molecule has 1 aliphatic rings. The van der Waals surface area contributed by atoms with Gasteiger partial charge in [-0.15, -0.1) is 0 Å². The lowest BCUT2D eigenvalue weighted by Crippen LogP contribution is -2.42. The summed E-state index contributed by atoms with van der Waals surface area (Å²) in [6.07, 6.45) is -1.28. The first-order chi connectivity index (χ1) is 16.4. The van der Waals surface area contributed by atoms with Crippen molar-refractivity contribution in [2.24, 2.45) is 0 Å². The molecule has 178 valence electrons. The lowest BCUT2D eigenvalue weighted by Gasteiger charge is -2.31. The van der Waals surface area contributed by atoms with Gasteiger partial charge in [0, 0.05) is 29.7 Å². The molecule has 8 heteroatoms. The second-order valence-corrected chi connectivity index (χ2v) is 9.13. The van der Waals surface area contributed by atoms with E-state index in [0.29, 0.717) is 28.7 Å². The van der Waals surface area contributed by atoms with Gasteiger partial charge in [0.05, 0.1) is 18.7 Å². The Morgan fingerprint density at radius 1 is 0.971 bits per heavy atom. The number of rotatable bonds is 7. The molecule has 0 saturated carbocycles. The fraction of sp³-hybridized carbons (Fsp3) is 0.269. The Morgan fingerprint density at radius 2 is 1.65 bits per heavy atom. The summed E-state index contributed by atoms with van der Waals surface area (Å²) in [5.41, 5.74) is 2.48. The largest absolute Gasteiger partial charge is 0.445 e. The highest BCUT2D eigenvalue weighted by Gasteiger charge is 2.38. The quantitative estimate of drug-likeness (QED) is 0.462. The number of carbonyl (C=O) groups excluding carboxylic acids is 1. The van der Waals surface area contributed by atoms with Gasteiger partial charge in [0.25, 0.3) is 0 Å². The minimum absolute atomic E-state index is 0.147. The number of hydrogen-bond donors (Lipinski definition) is 1. The minimum atomic E-state index is -0.800. The Morgan fingerprint density at radius 3 is 2.35 bits per heavy atom. The Balaban J connectivity index is 1.50. The number of hydrogen-bond acceptors (Lipinski definition) is 4. The van der Waals surface area contributed by atoms with Crippen LogP contribution in [0.4, 0.5) is 9.18 Å². The first-order valence-electron chi connectivity index (χ1n) is 11.0. The van der Waals surface area contributed by atoms with Crippen LogP contribution in [0.2, 0.25) is 10.0 Å². The summed E-state index contributed by atoms with van der Waals surface area (Å²) in [6, 6.07) is 20.7. The van der Waals surface area contributed by atoms with Crippen LogP contribution in [0.5, 0.6) is 0 Å². The monoisotopic (exact) mass is 502 g/mol. The number of aliphatic hydroxyl groups excluding tert-OH is 1. The molecule has 0 unspecified atom stereocenters. The maximum atomic E-state index is 13.6. The maximum absolute atomic E-state index is 13.6. The summed E-state index contributed by atoms with van der Waals surface area (Å²) >= 11 is 12.7. The highest BCUT2D eigenvalue weighted by atomic mass is 35.5. The number of ether oxygens (including phenoxy) is 1. The van der Waals surface area contributed by atoms with E-state index < -0.39 is 18.0 Å². The molecule has 1 N–H and O–H groups in total. The normalized spacial score (nSPS) is 17.9. The predicted octanol–water partition coefficient (Wildman–Crippen LogP) is 5.52. The molecule has 0 bridgehead atoms. The number of amides is 1. The zero-order chi connectivity index (χ0) is 24.1. The fourth-order valence-corrected chi connectivity index (χ4v) is 4.52. The van der Waals surface area contributed by atoms with Crippen LogP contribution in [0.25, 0.3) is 0 Å². The van der Waals surface area contributed by atoms with Gasteiger partial charge in [-0.2, -0.15) is 0 Å². The third kappa shape index (κ3) is 6.07. The van der Waals surface area contributed by atoms with Gasteiger partial charge in [-0.25, -0.2) is 9.18 Å². The highest BCUT2D eigenvalue weighted by Crippen LogP contribution is 2.27. The molecule has 2 atom stereocenters. The van der Waals surface area contributed by atoms with Crippen LogP contribution in [-0.2, 0) is 24.4 Å². The first-order valence-corrected chi connectivity index (χ1v) is 11.7. The van der Waals surface area contributed by atoms with E-state index in [0.717, 1.165) is 11.1 Å². The van der Waals surface area contributed by atoms with Crippen molar-refractivity contribution in [2.45, 2.75) is 31.8 Å². The molecule has 1 heterocycles. The van der Waals surface area contributed by atoms with E-state index in [1.165, 1.54) is 17.0 Å². The summed E-state index contributed by atoms with van der Waals surface area (Å²) in [4.78, 5) is 16.2. The first kappa shape index (κ1) is 24.5. The van der Waals surface area contributed by atoms with E-state index >= 15 is 0 Å². The van der Waals surface area contributed by atoms with Gasteiger partial charge in [-0.1, -0.05) is 77.8 Å². The molecule has 0 radical (unpaired) electrons. The molecule has 1 fully saturated rings. The van der Waals surface area contributed by atoms with Gasteiger partial charge >= 0.3 is 6.09 Å². The van der Waals surface area contributed by atoms with Crippen LogP contribution in [0.3, 0.4) is 0 Å². The molecule has 0 aliphatic carbocycles. The van der Waals surface area contributed by atoms with Crippen molar-refractivity contribution in [2.75, 3.05) is 13.1 Å². The average Bonchev–Trinajstić information content (AvgIpc) is 3.22. The van der Waals surface area contributed by atoms with Crippen LogP contribution in [-0.4, -0.2) is 46.2 Å². The van der Waals surface area contributed by atoms with E-state index in [9.17, 15) is 14.3 Å². The summed E-state index contributed by atoms with van der Waals surface area (Å²) in [5.74, 6) is -0.417. The van der Waals surface area contributed by atoms with Crippen molar-refractivity contribution in [1.29, 1.82) is 0 Å². The van der Waals surface area contributed by atoms with Crippen LogP contribution in [0, 0.1) is 5.82 Å². The number of aliphatic hydroxyl groups is 1. The number of carbonyl (C=O) groups is 1. The van der Waals surface area contributed by atoms with Crippen LogP contribution < -0.4 is 0 Å². The number of benzene rings is 3. The summed E-state index contributed by atoms with van der Waals surface area (Å²) in [5, 5.41) is 11.8. The number of nitrogens with zero attached hydrogens (tertiary/aromatic N) is 2. The summed E-state index contributed by atoms with van der Waals surface area (Å²) in [7, 11) is 0. The lowest BCUT2D eigenvalue weighted by molar-refractivity contribution is 0.0728. The molecule has 1 aliphatic heterocycles. The second-order valence-electron chi connectivity index (χ2n) is 8.31. The molecule has 1 saturated heterocycles. The van der Waals surface area contributed by atoms with Gasteiger partial charge in [-0.05, 0) is 34.9 Å². The SMILES string of the molecule is O=C(OCc1ccccc1)N1C[C@@H](O)[C@H](N(Cc2ccccc2Cl)Cc2ccc(F)cc2Cl)C1. The van der Waals surface area contributed by atoms with Gasteiger partial charge in [0.2, 0.25) is 0 Å². The molecular formula is C26H25Cl2FN2O3. The van der Waals surface area contributed by atoms with E-state index in [1.807, 2.05) is 53.4 Å². The Kier molecular flexibility index (Phi) is 8.06. The molecule has 34 heavy (non-hydrogen) atoms. The van der Waals surface area contributed by atoms with E-state index in [1.54, 1.807) is 12.1 Å². The molecule has 4 rings (SSSR count). The highest BCUT2D eigenvalue weighted by molar-refractivity contribution is 6.31. The molecule has 0 spiro atoms. The van der Waals surface area contributed by atoms with Crippen molar-refractivity contribution >= 4 is 29.3 Å². The van der Waals surface area contributed by atoms with Crippen LogP contribution >= 0.6 is 23.2 Å². The maximum Gasteiger partial charge on any atom is 0.410 e. The average molecular weight is 503 g/mol. The van der Waals surface area contributed by atoms with Gasteiger partial charge < -0.3 is 14.7 Å². The standard InChI is InChI=1S/C26H25Cl2FN2O3/c27-22-9-5-4-8-19(22)13-30(14-20-10-11-21(29)12-23(20)28)24-15-31(16-25(24)32)26(33)34-17-18-6-2-1-3-7-18/h1-12,24-25,32H,13-17H2/t24-,25-/m1/s1. The Bertz CT molecular complexity index is 1130. The predicted molar refractivity (Wildman–Crippen MR) is 130 cm³/mol. The van der Waals surface area contributed by atoms with Crippen molar-refractivity contribution < 1.29 is 19.0 Å². The third-order valence-electron chi connectivity index (χ3n) is 5.91. The fourth-order valence-electron chi connectivity index (χ4n) is 4.09. The van der Waals surface area contributed by atoms with E-state index in [-0.39, 0.29) is 25.7 Å². The lowest BCUT2D eigenvalue weighted by atomic mass is 10.1. The molecule has 0 aromatic heterocycles. The van der Waals surface area contributed by atoms with Crippen molar-refractivity contribution in [3.05, 3.63) is 105 Å². The Labute approximate surface area is 208 Å². The third-order valence-corrected chi connectivity index (χ3v) is 6.63. The zero-order valence-corrected chi connectivity index (χ0v) is 19.9. The van der Waals surface area contributed by atoms with Gasteiger partial charge in [-0.3, -0.25) is 4.90 Å². The van der Waals surface area contributed by atoms with Gasteiger partial charge in [0.15, 0.2) is 0 Å². The molecule has 3 aromatic rings. The van der Waals surface area contributed by atoms with Crippen molar-refractivity contribution in [3.8, 4) is 0 Å².